The summed E-state index contributed by atoms with van der Waals surface area (Å²) in [6.07, 6.45) is 0. The summed E-state index contributed by atoms with van der Waals surface area (Å²) in [7, 11) is 1.55. The van der Waals surface area contributed by atoms with Gasteiger partial charge < -0.3 is 20.4 Å². The van der Waals surface area contributed by atoms with E-state index < -0.39 is 5.82 Å². The average molecular weight is 355 g/mol. The maximum absolute atomic E-state index is 13.8. The van der Waals surface area contributed by atoms with Crippen molar-refractivity contribution < 1.29 is 19.1 Å². The highest BCUT2D eigenvalue weighted by Crippen LogP contribution is 2.34. The van der Waals surface area contributed by atoms with Gasteiger partial charge in [-0.05, 0) is 46.3 Å². The van der Waals surface area contributed by atoms with E-state index in [0.717, 1.165) is 0 Å². The van der Waals surface area contributed by atoms with Gasteiger partial charge in [0.25, 0.3) is 0 Å². The molecule has 0 saturated carbocycles. The Morgan fingerprint density at radius 2 is 2.05 bits per heavy atom. The van der Waals surface area contributed by atoms with Crippen LogP contribution in [0.5, 0.6) is 17.2 Å². The third-order valence-corrected chi connectivity index (χ3v) is 3.32. The molecule has 0 atom stereocenters. The molecule has 0 aliphatic carbocycles. The molecule has 3 N–H and O–H groups in total. The Kier molecular flexibility index (Phi) is 4.64. The van der Waals surface area contributed by atoms with Crippen molar-refractivity contribution in [1.29, 1.82) is 0 Å². The molecule has 0 amide bonds. The highest BCUT2D eigenvalue weighted by Gasteiger charge is 2.16. The smallest absolute Gasteiger partial charge is 0.176 e. The van der Waals surface area contributed by atoms with Crippen LogP contribution < -0.4 is 15.2 Å². The number of nitrogens with zero attached hydrogens (tertiary/aromatic N) is 1. The molecule has 2 aromatic carbocycles. The fourth-order valence-electron chi connectivity index (χ4n) is 1.70. The molecule has 0 heterocycles. The van der Waals surface area contributed by atoms with Crippen molar-refractivity contribution in [1.82, 2.24) is 0 Å². The molecule has 0 aliphatic rings. The number of benzene rings is 2. The van der Waals surface area contributed by atoms with E-state index in [1.165, 1.54) is 18.2 Å². The lowest BCUT2D eigenvalue weighted by atomic mass is 10.1. The van der Waals surface area contributed by atoms with E-state index in [0.29, 0.717) is 16.0 Å². The summed E-state index contributed by atoms with van der Waals surface area (Å²) in [5.74, 6) is 0.204. The van der Waals surface area contributed by atoms with E-state index in [1.807, 2.05) is 0 Å². The lowest BCUT2D eigenvalue weighted by Gasteiger charge is -2.12. The minimum absolute atomic E-state index is 0.109. The molecule has 0 bridgehead atoms. The molecule has 0 aliphatic heterocycles. The largest absolute Gasteiger partial charge is 0.497 e. The predicted octanol–water partition coefficient (Wildman–Crippen LogP) is 3.48. The number of methoxy groups -OCH3 is 1. The van der Waals surface area contributed by atoms with Crippen molar-refractivity contribution >= 4 is 21.8 Å². The monoisotopic (exact) mass is 354 g/mol. The maximum atomic E-state index is 13.8. The van der Waals surface area contributed by atoms with E-state index >= 15 is 0 Å². The van der Waals surface area contributed by atoms with Gasteiger partial charge in [-0.1, -0.05) is 11.2 Å². The second kappa shape index (κ2) is 6.45. The summed E-state index contributed by atoms with van der Waals surface area (Å²) in [5, 5.41) is 11.6. The minimum atomic E-state index is -0.646. The molecule has 2 rings (SSSR count). The van der Waals surface area contributed by atoms with Crippen molar-refractivity contribution in [3.8, 4) is 17.2 Å². The van der Waals surface area contributed by atoms with Gasteiger partial charge in [0.05, 0.1) is 17.1 Å². The summed E-state index contributed by atoms with van der Waals surface area (Å²) in [5.41, 5.74) is 5.37. The standard InChI is InChI=1S/C14H12BrFN2O3/c1-20-8-5-6-11(9(15)7-8)21-12-4-2-3-10(16)13(12)14(17)18-19/h2-7,19H,1H3,(H2,17,18). The second-order valence-corrected chi connectivity index (χ2v) is 4.85. The van der Waals surface area contributed by atoms with Crippen LogP contribution in [0.3, 0.4) is 0 Å². The third kappa shape index (κ3) is 3.25. The van der Waals surface area contributed by atoms with Crippen LogP contribution in [0, 0.1) is 5.82 Å². The number of nitrogens with two attached hydrogens (primary N) is 1. The van der Waals surface area contributed by atoms with E-state index in [1.54, 1.807) is 25.3 Å². The Bertz CT molecular complexity index is 692. The van der Waals surface area contributed by atoms with Gasteiger partial charge in [-0.25, -0.2) is 4.39 Å². The van der Waals surface area contributed by atoms with Crippen LogP contribution in [0.15, 0.2) is 46.0 Å². The first-order valence-electron chi connectivity index (χ1n) is 5.84. The van der Waals surface area contributed by atoms with Gasteiger partial charge in [0, 0.05) is 0 Å². The normalized spacial score (nSPS) is 11.3. The maximum Gasteiger partial charge on any atom is 0.176 e. The summed E-state index contributed by atoms with van der Waals surface area (Å²) < 4.78 is 25.2. The number of hydrogen-bond donors (Lipinski definition) is 2. The van der Waals surface area contributed by atoms with Gasteiger partial charge in [-0.15, -0.1) is 0 Å². The number of amidine groups is 1. The molecule has 2 aromatic rings. The lowest BCUT2D eigenvalue weighted by Crippen LogP contribution is -2.16. The summed E-state index contributed by atoms with van der Waals surface area (Å²) in [6, 6.07) is 9.25. The molecule has 0 saturated heterocycles. The zero-order valence-electron chi connectivity index (χ0n) is 11.0. The molecule has 7 heteroatoms. The zero-order valence-corrected chi connectivity index (χ0v) is 12.6. The second-order valence-electron chi connectivity index (χ2n) is 4.00. The highest BCUT2D eigenvalue weighted by atomic mass is 79.9. The Morgan fingerprint density at radius 1 is 1.29 bits per heavy atom. The van der Waals surface area contributed by atoms with Crippen molar-refractivity contribution in [2.45, 2.75) is 0 Å². The van der Waals surface area contributed by atoms with Gasteiger partial charge in [-0.3, -0.25) is 0 Å². The first-order chi connectivity index (χ1) is 10.1. The van der Waals surface area contributed by atoms with Gasteiger partial charge in [0.1, 0.15) is 23.1 Å². The van der Waals surface area contributed by atoms with Crippen molar-refractivity contribution in [3.05, 3.63) is 52.3 Å². The molecule has 21 heavy (non-hydrogen) atoms. The zero-order chi connectivity index (χ0) is 15.4. The highest BCUT2D eigenvalue weighted by molar-refractivity contribution is 9.10. The van der Waals surface area contributed by atoms with E-state index in [9.17, 15) is 4.39 Å². The van der Waals surface area contributed by atoms with Crippen LogP contribution in [0.4, 0.5) is 4.39 Å². The molecular weight excluding hydrogens is 343 g/mol. The van der Waals surface area contributed by atoms with Gasteiger partial charge in [0.15, 0.2) is 5.84 Å². The molecule has 110 valence electrons. The Labute approximate surface area is 128 Å². The fraction of sp³-hybridized carbons (Fsp3) is 0.0714. The number of ether oxygens (including phenoxy) is 2. The molecular formula is C14H12BrFN2O3. The molecule has 0 fully saturated rings. The van der Waals surface area contributed by atoms with E-state index in [-0.39, 0.29) is 17.1 Å². The molecule has 0 radical (unpaired) electrons. The quantitative estimate of drug-likeness (QED) is 0.381. The molecule has 0 unspecified atom stereocenters. The van der Waals surface area contributed by atoms with E-state index in [4.69, 9.17) is 20.4 Å². The first-order valence-corrected chi connectivity index (χ1v) is 6.64. The average Bonchev–Trinajstić information content (AvgIpc) is 2.48. The van der Waals surface area contributed by atoms with Crippen LogP contribution in [0.25, 0.3) is 0 Å². The molecule has 5 nitrogen and oxygen atoms in total. The van der Waals surface area contributed by atoms with Gasteiger partial charge in [-0.2, -0.15) is 0 Å². The van der Waals surface area contributed by atoms with Crippen LogP contribution in [0.1, 0.15) is 5.56 Å². The predicted molar refractivity (Wildman–Crippen MR) is 79.7 cm³/mol. The van der Waals surface area contributed by atoms with Crippen molar-refractivity contribution in [3.63, 3.8) is 0 Å². The topological polar surface area (TPSA) is 77.1 Å². The SMILES string of the molecule is COc1ccc(Oc2cccc(F)c2/C(N)=N/O)c(Br)c1. The van der Waals surface area contributed by atoms with Crippen molar-refractivity contribution in [2.24, 2.45) is 10.9 Å². The van der Waals surface area contributed by atoms with Crippen LogP contribution >= 0.6 is 15.9 Å². The third-order valence-electron chi connectivity index (χ3n) is 2.70. The van der Waals surface area contributed by atoms with Crippen molar-refractivity contribution in [2.75, 3.05) is 7.11 Å². The minimum Gasteiger partial charge on any atom is -0.497 e. The Balaban J connectivity index is 2.43. The van der Waals surface area contributed by atoms with E-state index in [2.05, 4.69) is 21.1 Å². The lowest BCUT2D eigenvalue weighted by molar-refractivity contribution is 0.318. The molecule has 0 aromatic heterocycles. The first kappa shape index (κ1) is 15.1. The summed E-state index contributed by atoms with van der Waals surface area (Å²) in [4.78, 5) is 0. The number of hydrogen-bond acceptors (Lipinski definition) is 4. The van der Waals surface area contributed by atoms with Crippen LogP contribution in [-0.4, -0.2) is 18.2 Å². The molecule has 0 spiro atoms. The summed E-state index contributed by atoms with van der Waals surface area (Å²) in [6.45, 7) is 0. The fourth-order valence-corrected chi connectivity index (χ4v) is 2.14. The number of halogens is 2. The number of rotatable bonds is 4. The summed E-state index contributed by atoms with van der Waals surface area (Å²) >= 11 is 3.33. The van der Waals surface area contributed by atoms with Gasteiger partial charge in [0.2, 0.25) is 0 Å². The van der Waals surface area contributed by atoms with Gasteiger partial charge >= 0.3 is 0 Å². The van der Waals surface area contributed by atoms with Crippen LogP contribution in [0.2, 0.25) is 0 Å². The Hall–Kier alpha value is -2.28. The number of oxime groups is 1. The van der Waals surface area contributed by atoms with Crippen LogP contribution in [-0.2, 0) is 0 Å². The Morgan fingerprint density at radius 3 is 2.67 bits per heavy atom.